The van der Waals surface area contributed by atoms with E-state index in [1.165, 1.54) is 4.31 Å². The molecule has 7 heteroatoms. The molecule has 0 saturated carbocycles. The van der Waals surface area contributed by atoms with Gasteiger partial charge in [-0.3, -0.25) is 4.90 Å². The number of hydrogen-bond acceptors (Lipinski definition) is 5. The Morgan fingerprint density at radius 1 is 1.40 bits per heavy atom. The minimum Gasteiger partial charge on any atom is -0.447 e. The summed E-state index contributed by atoms with van der Waals surface area (Å²) in [7, 11) is -1.72. The van der Waals surface area contributed by atoms with Crippen molar-refractivity contribution in [2.45, 2.75) is 31.5 Å². The third kappa shape index (κ3) is 3.06. The fourth-order valence-corrected chi connectivity index (χ4v) is 3.98. The second kappa shape index (κ2) is 6.26. The van der Waals surface area contributed by atoms with Crippen LogP contribution in [0.15, 0.2) is 21.6 Å². The van der Waals surface area contributed by atoms with Gasteiger partial charge in [-0.25, -0.2) is 8.42 Å². The zero-order valence-electron chi connectivity index (χ0n) is 12.3. The summed E-state index contributed by atoms with van der Waals surface area (Å²) >= 11 is 0. The van der Waals surface area contributed by atoms with Gasteiger partial charge in [-0.15, -0.1) is 0 Å². The van der Waals surface area contributed by atoms with Gasteiger partial charge in [-0.2, -0.15) is 4.31 Å². The molecule has 20 heavy (non-hydrogen) atoms. The van der Waals surface area contributed by atoms with Crippen LogP contribution in [0.4, 0.5) is 0 Å². The summed E-state index contributed by atoms with van der Waals surface area (Å²) < 4.78 is 32.0. The van der Waals surface area contributed by atoms with E-state index in [0.717, 1.165) is 13.1 Å². The van der Waals surface area contributed by atoms with Crippen molar-refractivity contribution in [1.82, 2.24) is 14.5 Å². The van der Waals surface area contributed by atoms with E-state index in [9.17, 15) is 8.42 Å². The average molecular weight is 301 g/mol. The minimum absolute atomic E-state index is 0.0416. The smallest absolute Gasteiger partial charge is 0.276 e. The Labute approximate surface area is 120 Å². The van der Waals surface area contributed by atoms with Crippen LogP contribution in [0.2, 0.25) is 0 Å². The standard InChI is InChI=1S/C13H23N3O3S/c1-4-15-7-8-16(10-11(15)2)20(17,18)13-6-5-12(19-13)9-14-3/h5-6,11,14H,4,7-10H2,1-3H3. The molecule has 0 bridgehead atoms. The SMILES string of the molecule is CCN1CCN(S(=O)(=O)c2ccc(CNC)o2)CC1C. The molecule has 1 saturated heterocycles. The molecule has 1 aromatic heterocycles. The summed E-state index contributed by atoms with van der Waals surface area (Å²) in [5.74, 6) is 0.631. The van der Waals surface area contributed by atoms with Gasteiger partial charge >= 0.3 is 0 Å². The van der Waals surface area contributed by atoms with Crippen LogP contribution >= 0.6 is 0 Å². The zero-order chi connectivity index (χ0) is 14.8. The number of sulfonamides is 1. The molecule has 114 valence electrons. The zero-order valence-corrected chi connectivity index (χ0v) is 13.1. The minimum atomic E-state index is -3.51. The predicted octanol–water partition coefficient (Wildman–Crippen LogP) is 0.714. The molecule has 0 aromatic carbocycles. The number of furan rings is 1. The van der Waals surface area contributed by atoms with Crippen LogP contribution in [-0.2, 0) is 16.6 Å². The number of nitrogens with zero attached hydrogens (tertiary/aromatic N) is 2. The van der Waals surface area contributed by atoms with Crippen LogP contribution in [0.25, 0.3) is 0 Å². The molecule has 2 rings (SSSR count). The van der Waals surface area contributed by atoms with Gasteiger partial charge in [0.25, 0.3) is 10.0 Å². The first-order chi connectivity index (χ1) is 9.48. The molecule has 1 fully saturated rings. The fraction of sp³-hybridized carbons (Fsp3) is 0.692. The van der Waals surface area contributed by atoms with Crippen molar-refractivity contribution < 1.29 is 12.8 Å². The summed E-state index contributed by atoms with van der Waals surface area (Å²) in [6.45, 7) is 7.41. The quantitative estimate of drug-likeness (QED) is 0.868. The lowest BCUT2D eigenvalue weighted by atomic mass is 10.2. The molecular formula is C13H23N3O3S. The summed E-state index contributed by atoms with van der Waals surface area (Å²) in [5.41, 5.74) is 0. The van der Waals surface area contributed by atoms with Crippen molar-refractivity contribution in [3.05, 3.63) is 17.9 Å². The van der Waals surface area contributed by atoms with Gasteiger partial charge in [0.15, 0.2) is 0 Å². The Balaban J connectivity index is 2.14. The van der Waals surface area contributed by atoms with Crippen molar-refractivity contribution in [3.63, 3.8) is 0 Å². The van der Waals surface area contributed by atoms with Gasteiger partial charge in [0.2, 0.25) is 5.09 Å². The maximum atomic E-state index is 12.5. The van der Waals surface area contributed by atoms with E-state index in [0.29, 0.717) is 25.4 Å². The normalized spacial score (nSPS) is 22.2. The van der Waals surface area contributed by atoms with E-state index in [2.05, 4.69) is 24.1 Å². The molecular weight excluding hydrogens is 278 g/mol. The monoisotopic (exact) mass is 301 g/mol. The molecule has 1 unspecified atom stereocenters. The lowest BCUT2D eigenvalue weighted by Gasteiger charge is -2.38. The highest BCUT2D eigenvalue weighted by molar-refractivity contribution is 7.89. The Hall–Kier alpha value is -0.890. The van der Waals surface area contributed by atoms with Gasteiger partial charge in [0.1, 0.15) is 5.76 Å². The molecule has 1 aromatic rings. The topological polar surface area (TPSA) is 65.8 Å². The Kier molecular flexibility index (Phi) is 4.85. The first kappa shape index (κ1) is 15.5. The Bertz CT molecular complexity index is 541. The first-order valence-electron chi connectivity index (χ1n) is 6.96. The number of hydrogen-bond donors (Lipinski definition) is 1. The second-order valence-corrected chi connectivity index (χ2v) is 6.96. The lowest BCUT2D eigenvalue weighted by Crippen LogP contribution is -2.53. The van der Waals surface area contributed by atoms with E-state index in [1.807, 2.05) is 0 Å². The number of piperazine rings is 1. The third-order valence-electron chi connectivity index (χ3n) is 3.72. The number of likely N-dealkylation sites (N-methyl/N-ethyl adjacent to an activating group) is 1. The molecule has 0 aliphatic carbocycles. The molecule has 1 atom stereocenters. The van der Waals surface area contributed by atoms with Gasteiger partial charge in [-0.05, 0) is 32.6 Å². The highest BCUT2D eigenvalue weighted by atomic mass is 32.2. The molecule has 1 aliphatic heterocycles. The predicted molar refractivity (Wildman–Crippen MR) is 76.9 cm³/mol. The van der Waals surface area contributed by atoms with E-state index in [1.54, 1.807) is 19.2 Å². The van der Waals surface area contributed by atoms with Crippen molar-refractivity contribution in [2.75, 3.05) is 33.2 Å². The average Bonchev–Trinajstić information content (AvgIpc) is 2.88. The molecule has 2 heterocycles. The van der Waals surface area contributed by atoms with E-state index in [-0.39, 0.29) is 11.1 Å². The van der Waals surface area contributed by atoms with E-state index >= 15 is 0 Å². The van der Waals surface area contributed by atoms with Crippen molar-refractivity contribution in [2.24, 2.45) is 0 Å². The number of nitrogens with one attached hydrogen (secondary N) is 1. The van der Waals surface area contributed by atoms with E-state index < -0.39 is 10.0 Å². The molecule has 1 N–H and O–H groups in total. The van der Waals surface area contributed by atoms with Gasteiger partial charge in [-0.1, -0.05) is 6.92 Å². The maximum Gasteiger partial charge on any atom is 0.276 e. The Morgan fingerprint density at radius 2 is 2.15 bits per heavy atom. The highest BCUT2D eigenvalue weighted by Gasteiger charge is 2.33. The van der Waals surface area contributed by atoms with Crippen LogP contribution in [0, 0.1) is 0 Å². The van der Waals surface area contributed by atoms with Crippen LogP contribution in [0.3, 0.4) is 0 Å². The first-order valence-corrected chi connectivity index (χ1v) is 8.40. The summed E-state index contributed by atoms with van der Waals surface area (Å²) in [4.78, 5) is 2.28. The molecule has 0 spiro atoms. The van der Waals surface area contributed by atoms with Crippen LogP contribution in [-0.4, -0.2) is 56.9 Å². The van der Waals surface area contributed by atoms with Crippen LogP contribution in [0.1, 0.15) is 19.6 Å². The van der Waals surface area contributed by atoms with Gasteiger partial charge in [0.05, 0.1) is 6.54 Å². The number of rotatable bonds is 5. The molecule has 1 aliphatic rings. The van der Waals surface area contributed by atoms with Crippen LogP contribution in [0.5, 0.6) is 0 Å². The second-order valence-electron chi connectivity index (χ2n) is 5.09. The molecule has 0 radical (unpaired) electrons. The fourth-order valence-electron chi connectivity index (χ4n) is 2.54. The van der Waals surface area contributed by atoms with Gasteiger partial charge < -0.3 is 9.73 Å². The van der Waals surface area contributed by atoms with E-state index in [4.69, 9.17) is 4.42 Å². The maximum absolute atomic E-state index is 12.5. The van der Waals surface area contributed by atoms with Crippen molar-refractivity contribution >= 4 is 10.0 Å². The lowest BCUT2D eigenvalue weighted by molar-refractivity contribution is 0.134. The van der Waals surface area contributed by atoms with Crippen molar-refractivity contribution in [1.29, 1.82) is 0 Å². The van der Waals surface area contributed by atoms with Crippen molar-refractivity contribution in [3.8, 4) is 0 Å². The summed E-state index contributed by atoms with van der Waals surface area (Å²) in [6.07, 6.45) is 0. The third-order valence-corrected chi connectivity index (χ3v) is 5.46. The van der Waals surface area contributed by atoms with Crippen LogP contribution < -0.4 is 5.32 Å². The molecule has 0 amide bonds. The Morgan fingerprint density at radius 3 is 2.75 bits per heavy atom. The van der Waals surface area contributed by atoms with Gasteiger partial charge in [0, 0.05) is 25.7 Å². The molecule has 6 nitrogen and oxygen atoms in total. The summed E-state index contributed by atoms with van der Waals surface area (Å²) in [6, 6.07) is 3.48. The highest BCUT2D eigenvalue weighted by Crippen LogP contribution is 2.21. The largest absolute Gasteiger partial charge is 0.447 e. The summed E-state index contributed by atoms with van der Waals surface area (Å²) in [5, 5.41) is 2.98.